The second kappa shape index (κ2) is 5.84. The molecule has 0 unspecified atom stereocenters. The second-order valence-corrected chi connectivity index (χ2v) is 4.36. The summed E-state index contributed by atoms with van der Waals surface area (Å²) >= 11 is 3.68. The van der Waals surface area contributed by atoms with Crippen molar-refractivity contribution in [3.05, 3.63) is 11.6 Å². The van der Waals surface area contributed by atoms with Crippen molar-refractivity contribution in [1.29, 1.82) is 0 Å². The van der Waals surface area contributed by atoms with Crippen molar-refractivity contribution in [1.82, 2.24) is 4.57 Å². The van der Waals surface area contributed by atoms with Gasteiger partial charge in [-0.25, -0.2) is 0 Å². The van der Waals surface area contributed by atoms with E-state index in [1.54, 1.807) is 6.92 Å². The summed E-state index contributed by atoms with van der Waals surface area (Å²) in [4.78, 5) is 10.6. The van der Waals surface area contributed by atoms with Gasteiger partial charge in [0.1, 0.15) is 0 Å². The van der Waals surface area contributed by atoms with Gasteiger partial charge < -0.3 is 10.2 Å². The van der Waals surface area contributed by atoms with E-state index in [0.29, 0.717) is 18.5 Å². The topological polar surface area (TPSA) is 62.5 Å². The van der Waals surface area contributed by atoms with E-state index in [9.17, 15) is 15.0 Å². The Morgan fingerprint density at radius 3 is 2.56 bits per heavy atom. The van der Waals surface area contributed by atoms with E-state index in [-0.39, 0.29) is 16.9 Å². The van der Waals surface area contributed by atoms with Crippen molar-refractivity contribution in [2.75, 3.05) is 0 Å². The van der Waals surface area contributed by atoms with Crippen LogP contribution in [-0.2, 0) is 11.3 Å². The second-order valence-electron chi connectivity index (χ2n) is 3.87. The molecule has 0 radical (unpaired) electrons. The molecule has 1 aromatic rings. The Labute approximate surface area is 100 Å². The van der Waals surface area contributed by atoms with Gasteiger partial charge in [0.05, 0.1) is 0 Å². The minimum absolute atomic E-state index is 0.0836. The molecule has 0 saturated heterocycles. The van der Waals surface area contributed by atoms with Gasteiger partial charge >= 0.3 is 0 Å². The van der Waals surface area contributed by atoms with Crippen LogP contribution in [0.1, 0.15) is 31.2 Å². The molecular formula is C11H17NO3S. The van der Waals surface area contributed by atoms with E-state index in [1.807, 2.05) is 0 Å². The molecule has 0 fully saturated rings. The van der Waals surface area contributed by atoms with Crippen LogP contribution in [0.15, 0.2) is 6.07 Å². The summed E-state index contributed by atoms with van der Waals surface area (Å²) in [6.45, 7) is 2.30. The Kier molecular flexibility index (Phi) is 4.73. The minimum atomic E-state index is -0.0949. The van der Waals surface area contributed by atoms with Crippen LogP contribution in [0.2, 0.25) is 0 Å². The fraction of sp³-hybridized carbons (Fsp3) is 0.545. The average Bonchev–Trinajstić information content (AvgIpc) is 2.43. The maximum absolute atomic E-state index is 10.6. The first-order chi connectivity index (χ1) is 7.52. The van der Waals surface area contributed by atoms with Gasteiger partial charge in [0.2, 0.25) is 0 Å². The van der Waals surface area contributed by atoms with Crippen LogP contribution in [0.4, 0.5) is 0 Å². The Bertz CT molecular complexity index is 374. The fourth-order valence-corrected chi connectivity index (χ4v) is 1.76. The van der Waals surface area contributed by atoms with Gasteiger partial charge in [-0.3, -0.25) is 9.36 Å². The summed E-state index contributed by atoms with van der Waals surface area (Å²) in [5.74, 6) is 0.197. The molecule has 4 nitrogen and oxygen atoms in total. The van der Waals surface area contributed by atoms with Crippen LogP contribution in [0.25, 0.3) is 0 Å². The molecule has 1 aromatic heterocycles. The number of aromatic nitrogens is 1. The Hall–Kier alpha value is -1.10. The SMILES string of the molecule is Cc1cc(O)n(CCCCCC(=O)S)c1O. The highest BCUT2D eigenvalue weighted by Crippen LogP contribution is 2.26. The number of hydrogen-bond donors (Lipinski definition) is 3. The van der Waals surface area contributed by atoms with Crippen molar-refractivity contribution >= 4 is 17.7 Å². The van der Waals surface area contributed by atoms with Gasteiger partial charge in [0, 0.05) is 24.6 Å². The Morgan fingerprint density at radius 2 is 2.06 bits per heavy atom. The van der Waals surface area contributed by atoms with Gasteiger partial charge in [-0.15, -0.1) is 12.6 Å². The summed E-state index contributed by atoms with van der Waals surface area (Å²) in [5, 5.41) is 19.0. The van der Waals surface area contributed by atoms with E-state index in [0.717, 1.165) is 19.3 Å². The molecule has 0 aliphatic heterocycles. The number of carbonyl (C=O) groups is 1. The summed E-state index contributed by atoms with van der Waals surface area (Å²) in [5.41, 5.74) is 0.669. The summed E-state index contributed by atoms with van der Waals surface area (Å²) in [6, 6.07) is 1.53. The van der Waals surface area contributed by atoms with Crippen LogP contribution in [-0.4, -0.2) is 19.9 Å². The van der Waals surface area contributed by atoms with E-state index in [1.165, 1.54) is 10.6 Å². The Morgan fingerprint density at radius 1 is 1.38 bits per heavy atom. The minimum Gasteiger partial charge on any atom is -0.494 e. The number of aromatic hydroxyl groups is 2. The summed E-state index contributed by atoms with van der Waals surface area (Å²) in [6.07, 6.45) is 2.97. The molecule has 0 atom stereocenters. The summed E-state index contributed by atoms with van der Waals surface area (Å²) < 4.78 is 1.47. The van der Waals surface area contributed by atoms with E-state index < -0.39 is 0 Å². The zero-order valence-electron chi connectivity index (χ0n) is 9.31. The van der Waals surface area contributed by atoms with E-state index in [2.05, 4.69) is 12.6 Å². The van der Waals surface area contributed by atoms with Gasteiger partial charge in [0.15, 0.2) is 16.9 Å². The molecule has 0 amide bonds. The number of thiol groups is 1. The lowest BCUT2D eigenvalue weighted by atomic mass is 10.2. The molecule has 0 aliphatic rings. The average molecular weight is 243 g/mol. The highest BCUT2D eigenvalue weighted by Gasteiger charge is 2.09. The van der Waals surface area contributed by atoms with Crippen LogP contribution in [0.3, 0.4) is 0 Å². The molecule has 0 spiro atoms. The molecule has 5 heteroatoms. The molecule has 16 heavy (non-hydrogen) atoms. The van der Waals surface area contributed by atoms with Crippen molar-refractivity contribution < 1.29 is 15.0 Å². The smallest absolute Gasteiger partial charge is 0.196 e. The third-order valence-corrected chi connectivity index (χ3v) is 2.73. The molecule has 2 N–H and O–H groups in total. The molecule has 1 rings (SSSR count). The zero-order chi connectivity index (χ0) is 12.1. The normalized spacial score (nSPS) is 10.6. The van der Waals surface area contributed by atoms with Crippen LogP contribution >= 0.6 is 12.6 Å². The highest BCUT2D eigenvalue weighted by atomic mass is 32.1. The monoisotopic (exact) mass is 243 g/mol. The first-order valence-electron chi connectivity index (χ1n) is 5.32. The van der Waals surface area contributed by atoms with E-state index in [4.69, 9.17) is 0 Å². The predicted octanol–water partition coefficient (Wildman–Crippen LogP) is 2.22. The number of hydrogen-bond acceptors (Lipinski definition) is 3. The van der Waals surface area contributed by atoms with Crippen LogP contribution in [0.5, 0.6) is 11.8 Å². The molecule has 0 bridgehead atoms. The molecule has 0 aromatic carbocycles. The van der Waals surface area contributed by atoms with Gasteiger partial charge in [0.25, 0.3) is 0 Å². The lowest BCUT2D eigenvalue weighted by molar-refractivity contribution is -0.110. The number of nitrogens with zero attached hydrogens (tertiary/aromatic N) is 1. The first-order valence-corrected chi connectivity index (χ1v) is 5.77. The predicted molar refractivity (Wildman–Crippen MR) is 65.0 cm³/mol. The van der Waals surface area contributed by atoms with Crippen molar-refractivity contribution in [2.45, 2.75) is 39.2 Å². The third kappa shape index (κ3) is 3.48. The van der Waals surface area contributed by atoms with Crippen molar-refractivity contribution in [2.24, 2.45) is 0 Å². The van der Waals surface area contributed by atoms with Gasteiger partial charge in [-0.05, 0) is 19.8 Å². The highest BCUT2D eigenvalue weighted by molar-refractivity contribution is 7.96. The number of unbranched alkanes of at least 4 members (excludes halogenated alkanes) is 2. The third-order valence-electron chi connectivity index (χ3n) is 2.50. The maximum atomic E-state index is 10.6. The quantitative estimate of drug-likeness (QED) is 0.530. The van der Waals surface area contributed by atoms with Crippen LogP contribution in [0, 0.1) is 6.92 Å². The Balaban J connectivity index is 2.34. The lowest BCUT2D eigenvalue weighted by Gasteiger charge is -2.06. The molecule has 0 aliphatic carbocycles. The van der Waals surface area contributed by atoms with Crippen molar-refractivity contribution in [3.63, 3.8) is 0 Å². The van der Waals surface area contributed by atoms with Gasteiger partial charge in [-0.1, -0.05) is 6.42 Å². The first kappa shape index (κ1) is 13.0. The standard InChI is InChI=1S/C11H17NO3S/c1-8-7-9(13)12(11(8)15)6-4-2-3-5-10(14)16/h7,13,15H,2-6H2,1H3,(H,14,16). The largest absolute Gasteiger partial charge is 0.494 e. The molecule has 0 saturated carbocycles. The molecular weight excluding hydrogens is 226 g/mol. The summed E-state index contributed by atoms with van der Waals surface area (Å²) in [7, 11) is 0. The zero-order valence-corrected chi connectivity index (χ0v) is 10.2. The number of rotatable bonds is 6. The van der Waals surface area contributed by atoms with Crippen LogP contribution < -0.4 is 0 Å². The van der Waals surface area contributed by atoms with E-state index >= 15 is 0 Å². The number of aryl methyl sites for hydroxylation is 1. The lowest BCUT2D eigenvalue weighted by Crippen LogP contribution is -1.97. The fourth-order valence-electron chi connectivity index (χ4n) is 1.60. The van der Waals surface area contributed by atoms with Crippen molar-refractivity contribution in [3.8, 4) is 11.8 Å². The molecule has 1 heterocycles. The maximum Gasteiger partial charge on any atom is 0.196 e. The molecule has 90 valence electrons. The number of carbonyl (C=O) groups excluding carboxylic acids is 1. The van der Waals surface area contributed by atoms with Gasteiger partial charge in [-0.2, -0.15) is 0 Å².